The first-order valence-corrected chi connectivity index (χ1v) is 13.4. The number of halogens is 3. The van der Waals surface area contributed by atoms with Gasteiger partial charge in [0.15, 0.2) is 0 Å². The standard InChI is InChI=1S/C28H37F3N4O3/c1-17-15-35(16-18(2)38-17)27(37)26(32)21-5-4-6-24(21)33-14-25(36)34-11-9-19(10-12-34)20-7-8-23(29)22(13-20)28(3,30)31/h7-8,13,17-19H,4-6,9-12,14-16,32H2,1-3H3/b26-21-,33-24?/t17-,18+. The second kappa shape index (κ2) is 11.5. The van der Waals surface area contributed by atoms with Crippen molar-refractivity contribution in [1.29, 1.82) is 0 Å². The molecule has 7 nitrogen and oxygen atoms in total. The second-order valence-electron chi connectivity index (χ2n) is 10.8. The molecule has 1 aliphatic carbocycles. The summed E-state index contributed by atoms with van der Waals surface area (Å²) in [6.45, 7) is 6.43. The number of hydrogen-bond acceptors (Lipinski definition) is 5. The van der Waals surface area contributed by atoms with E-state index in [0.29, 0.717) is 70.1 Å². The quantitative estimate of drug-likeness (QED) is 0.576. The molecule has 0 spiro atoms. The molecular formula is C28H37F3N4O3. The van der Waals surface area contributed by atoms with Crippen LogP contribution in [0.5, 0.6) is 0 Å². The molecule has 0 aromatic heterocycles. The number of nitrogens with two attached hydrogens (primary N) is 1. The number of carbonyl (C=O) groups excluding carboxylic acids is 2. The van der Waals surface area contributed by atoms with Crippen LogP contribution in [0.4, 0.5) is 13.2 Å². The molecule has 2 saturated heterocycles. The number of nitrogens with zero attached hydrogens (tertiary/aromatic N) is 3. The van der Waals surface area contributed by atoms with E-state index >= 15 is 0 Å². The van der Waals surface area contributed by atoms with Gasteiger partial charge in [-0.05, 0) is 69.6 Å². The van der Waals surface area contributed by atoms with Crippen molar-refractivity contribution in [3.05, 3.63) is 46.4 Å². The molecule has 2 aliphatic heterocycles. The van der Waals surface area contributed by atoms with Gasteiger partial charge >= 0.3 is 0 Å². The number of carbonyl (C=O) groups is 2. The van der Waals surface area contributed by atoms with E-state index in [1.807, 2.05) is 13.8 Å². The number of aliphatic imine (C=N–C) groups is 1. The van der Waals surface area contributed by atoms with Crippen LogP contribution < -0.4 is 5.73 Å². The molecule has 0 radical (unpaired) electrons. The Hall–Kier alpha value is -2.88. The summed E-state index contributed by atoms with van der Waals surface area (Å²) in [6, 6.07) is 3.90. The SMILES string of the molecule is C[C@@H]1CN(C(=O)/C(N)=C2\CCCC2=NCC(=O)N2CCC(c3ccc(F)c(C(C)(F)F)c3)CC2)C[C@H](C)O1. The molecule has 1 aromatic rings. The number of ether oxygens (including phenoxy) is 1. The molecule has 10 heteroatoms. The van der Waals surface area contributed by atoms with Crippen LogP contribution in [0.1, 0.15) is 69.9 Å². The molecule has 1 aromatic carbocycles. The Morgan fingerprint density at radius 2 is 1.76 bits per heavy atom. The van der Waals surface area contributed by atoms with Crippen molar-refractivity contribution in [2.24, 2.45) is 10.7 Å². The zero-order valence-electron chi connectivity index (χ0n) is 22.3. The van der Waals surface area contributed by atoms with Gasteiger partial charge in [0.25, 0.3) is 11.8 Å². The summed E-state index contributed by atoms with van der Waals surface area (Å²) in [5.74, 6) is -4.52. The van der Waals surface area contributed by atoms with Crippen molar-refractivity contribution in [2.75, 3.05) is 32.7 Å². The fourth-order valence-electron chi connectivity index (χ4n) is 5.69. The van der Waals surface area contributed by atoms with Gasteiger partial charge in [0.05, 0.1) is 17.8 Å². The zero-order chi connectivity index (χ0) is 27.6. The van der Waals surface area contributed by atoms with E-state index in [0.717, 1.165) is 18.1 Å². The highest BCUT2D eigenvalue weighted by Gasteiger charge is 2.32. The maximum absolute atomic E-state index is 13.9. The Morgan fingerprint density at radius 3 is 2.39 bits per heavy atom. The minimum absolute atomic E-state index is 0.0205. The van der Waals surface area contributed by atoms with E-state index in [1.165, 1.54) is 6.07 Å². The molecule has 4 rings (SSSR count). The summed E-state index contributed by atoms with van der Waals surface area (Å²) in [5.41, 5.74) is 8.02. The van der Waals surface area contributed by atoms with Crippen molar-refractivity contribution >= 4 is 17.5 Å². The molecule has 2 atom stereocenters. The van der Waals surface area contributed by atoms with Crippen LogP contribution in [-0.2, 0) is 20.2 Å². The van der Waals surface area contributed by atoms with Crippen LogP contribution in [0.15, 0.2) is 34.5 Å². The predicted octanol–water partition coefficient (Wildman–Crippen LogP) is 4.12. The maximum atomic E-state index is 13.9. The van der Waals surface area contributed by atoms with Gasteiger partial charge in [-0.25, -0.2) is 13.2 Å². The van der Waals surface area contributed by atoms with Gasteiger partial charge in [0.1, 0.15) is 18.1 Å². The van der Waals surface area contributed by atoms with Crippen molar-refractivity contribution < 1.29 is 27.5 Å². The van der Waals surface area contributed by atoms with Crippen molar-refractivity contribution in [3.63, 3.8) is 0 Å². The Morgan fingerprint density at radius 1 is 1.11 bits per heavy atom. The fraction of sp³-hybridized carbons (Fsp3) is 0.607. The average molecular weight is 535 g/mol. The Labute approximate surface area is 221 Å². The van der Waals surface area contributed by atoms with Gasteiger partial charge in [0.2, 0.25) is 5.91 Å². The van der Waals surface area contributed by atoms with E-state index in [9.17, 15) is 22.8 Å². The highest BCUT2D eigenvalue weighted by atomic mass is 19.3. The van der Waals surface area contributed by atoms with E-state index < -0.39 is 17.3 Å². The summed E-state index contributed by atoms with van der Waals surface area (Å²) >= 11 is 0. The van der Waals surface area contributed by atoms with Crippen molar-refractivity contribution in [1.82, 2.24) is 9.80 Å². The van der Waals surface area contributed by atoms with Gasteiger partial charge in [-0.3, -0.25) is 14.6 Å². The van der Waals surface area contributed by atoms with E-state index in [1.54, 1.807) is 15.9 Å². The van der Waals surface area contributed by atoms with E-state index in [2.05, 4.69) is 4.99 Å². The predicted molar refractivity (Wildman–Crippen MR) is 138 cm³/mol. The Bertz CT molecular complexity index is 1110. The number of rotatable bonds is 5. The van der Waals surface area contributed by atoms with Crippen LogP contribution in [0.25, 0.3) is 0 Å². The lowest BCUT2D eigenvalue weighted by Crippen LogP contribution is -2.49. The Kier molecular flexibility index (Phi) is 8.49. The Balaban J connectivity index is 1.36. The molecule has 1 saturated carbocycles. The monoisotopic (exact) mass is 534 g/mol. The lowest BCUT2D eigenvalue weighted by molar-refractivity contribution is -0.139. The first kappa shape index (κ1) is 28.1. The molecular weight excluding hydrogens is 497 g/mol. The number of piperidine rings is 1. The summed E-state index contributed by atoms with van der Waals surface area (Å²) in [5, 5.41) is 0. The molecule has 3 aliphatic rings. The van der Waals surface area contributed by atoms with Crippen LogP contribution in [-0.4, -0.2) is 72.3 Å². The van der Waals surface area contributed by atoms with Crippen LogP contribution in [0, 0.1) is 5.82 Å². The summed E-state index contributed by atoms with van der Waals surface area (Å²) < 4.78 is 47.1. The maximum Gasteiger partial charge on any atom is 0.273 e. The molecule has 208 valence electrons. The summed E-state index contributed by atoms with van der Waals surface area (Å²) in [4.78, 5) is 33.9. The number of amides is 2. The molecule has 3 fully saturated rings. The molecule has 2 heterocycles. The van der Waals surface area contributed by atoms with Gasteiger partial charge in [-0.2, -0.15) is 0 Å². The van der Waals surface area contributed by atoms with Crippen LogP contribution in [0.3, 0.4) is 0 Å². The highest BCUT2D eigenvalue weighted by Crippen LogP contribution is 2.35. The minimum atomic E-state index is -3.25. The molecule has 0 bridgehead atoms. The topological polar surface area (TPSA) is 88.2 Å². The van der Waals surface area contributed by atoms with Gasteiger partial charge in [-0.1, -0.05) is 6.07 Å². The number of morpholine rings is 1. The first-order chi connectivity index (χ1) is 17.9. The van der Waals surface area contributed by atoms with E-state index in [-0.39, 0.29) is 42.2 Å². The van der Waals surface area contributed by atoms with Gasteiger partial charge in [-0.15, -0.1) is 0 Å². The lowest BCUT2D eigenvalue weighted by atomic mass is 9.88. The number of allylic oxidation sites excluding steroid dienone is 1. The largest absolute Gasteiger partial charge is 0.394 e. The normalized spacial score (nSPS) is 25.7. The third-order valence-electron chi connectivity index (χ3n) is 7.64. The lowest BCUT2D eigenvalue weighted by Gasteiger charge is -2.35. The molecule has 38 heavy (non-hydrogen) atoms. The summed E-state index contributed by atoms with van der Waals surface area (Å²) in [7, 11) is 0. The smallest absolute Gasteiger partial charge is 0.273 e. The summed E-state index contributed by atoms with van der Waals surface area (Å²) in [6.07, 6.45) is 3.24. The van der Waals surface area contributed by atoms with Crippen molar-refractivity contribution in [2.45, 2.75) is 76.9 Å². The number of benzene rings is 1. The average Bonchev–Trinajstić information content (AvgIpc) is 3.34. The minimum Gasteiger partial charge on any atom is -0.394 e. The van der Waals surface area contributed by atoms with Gasteiger partial charge in [0, 0.05) is 44.4 Å². The fourth-order valence-corrected chi connectivity index (χ4v) is 5.69. The third kappa shape index (κ3) is 6.39. The number of alkyl halides is 2. The highest BCUT2D eigenvalue weighted by molar-refractivity contribution is 6.09. The molecule has 0 unspecified atom stereocenters. The molecule has 2 amide bonds. The number of hydrogen-bond donors (Lipinski definition) is 1. The van der Waals surface area contributed by atoms with Crippen molar-refractivity contribution in [3.8, 4) is 0 Å². The van der Waals surface area contributed by atoms with Crippen LogP contribution >= 0.6 is 0 Å². The number of likely N-dealkylation sites (tertiary alicyclic amines) is 1. The molecule has 2 N–H and O–H groups in total. The van der Waals surface area contributed by atoms with Crippen LogP contribution in [0.2, 0.25) is 0 Å². The second-order valence-corrected chi connectivity index (χ2v) is 10.8. The van der Waals surface area contributed by atoms with Gasteiger partial charge < -0.3 is 20.3 Å². The third-order valence-corrected chi connectivity index (χ3v) is 7.64. The van der Waals surface area contributed by atoms with E-state index in [4.69, 9.17) is 10.5 Å². The zero-order valence-corrected chi connectivity index (χ0v) is 22.3. The first-order valence-electron chi connectivity index (χ1n) is 13.4.